The normalized spacial score (nSPS) is 24.8. The predicted molar refractivity (Wildman–Crippen MR) is 112 cm³/mol. The Hall–Kier alpha value is -1.30. The lowest BCUT2D eigenvalue weighted by Gasteiger charge is -2.13. The summed E-state index contributed by atoms with van der Waals surface area (Å²) < 4.78 is 0. The molecule has 0 radical (unpaired) electrons. The van der Waals surface area contributed by atoms with Crippen LogP contribution in [0.5, 0.6) is 0 Å². The van der Waals surface area contributed by atoms with Crippen molar-refractivity contribution in [2.75, 3.05) is 0 Å². The predicted octanol–water partition coefficient (Wildman–Crippen LogP) is 8.06. The van der Waals surface area contributed by atoms with Crippen molar-refractivity contribution < 1.29 is 0 Å². The highest BCUT2D eigenvalue weighted by atomic mass is 14.2. The summed E-state index contributed by atoms with van der Waals surface area (Å²) in [5, 5.41) is 0. The molecule has 3 rings (SSSR count). The van der Waals surface area contributed by atoms with Crippen molar-refractivity contribution in [2.45, 2.75) is 73.1 Å². The first-order chi connectivity index (χ1) is 11.8. The van der Waals surface area contributed by atoms with E-state index >= 15 is 0 Å². The smallest absolute Gasteiger partial charge is 0.00156 e. The van der Waals surface area contributed by atoms with Gasteiger partial charge in [0.05, 0.1) is 0 Å². The summed E-state index contributed by atoms with van der Waals surface area (Å²) in [5.41, 5.74) is 0. The van der Waals surface area contributed by atoms with Crippen LogP contribution in [0, 0.1) is 17.8 Å². The van der Waals surface area contributed by atoms with Crippen molar-refractivity contribution >= 4 is 0 Å². The first kappa shape index (κ1) is 22.7. The third-order valence-electron chi connectivity index (χ3n) is 4.06. The van der Waals surface area contributed by atoms with Crippen molar-refractivity contribution in [1.29, 1.82) is 0 Å². The SMILES string of the molecule is C1=CC2C=CCC2C=C1.CC.CCC.CCCCC1C=CC=CC1. The molecule has 24 heavy (non-hydrogen) atoms. The van der Waals surface area contributed by atoms with E-state index < -0.39 is 0 Å². The first-order valence-electron chi connectivity index (χ1n) is 10.2. The Morgan fingerprint density at radius 3 is 2.00 bits per heavy atom. The molecule has 0 saturated carbocycles. The number of hydrogen-bond acceptors (Lipinski definition) is 0. The van der Waals surface area contributed by atoms with Gasteiger partial charge < -0.3 is 0 Å². The second kappa shape index (κ2) is 16.6. The number of fused-ring (bicyclic) bond motifs is 1. The van der Waals surface area contributed by atoms with Gasteiger partial charge in [0.15, 0.2) is 0 Å². The minimum atomic E-state index is 0.718. The van der Waals surface area contributed by atoms with Gasteiger partial charge >= 0.3 is 0 Å². The minimum absolute atomic E-state index is 0.718. The molecule has 0 aromatic rings. The molecule has 0 aromatic heterocycles. The van der Waals surface area contributed by atoms with Gasteiger partial charge in [0, 0.05) is 5.92 Å². The van der Waals surface area contributed by atoms with E-state index in [0.29, 0.717) is 0 Å². The fourth-order valence-corrected chi connectivity index (χ4v) is 2.82. The van der Waals surface area contributed by atoms with Crippen molar-refractivity contribution in [1.82, 2.24) is 0 Å². The summed E-state index contributed by atoms with van der Waals surface area (Å²) in [7, 11) is 0. The molecule has 3 unspecified atom stereocenters. The third kappa shape index (κ3) is 10.5. The van der Waals surface area contributed by atoms with Gasteiger partial charge in [-0.2, -0.15) is 0 Å². The van der Waals surface area contributed by atoms with E-state index in [2.05, 4.69) is 81.5 Å². The molecule has 0 saturated heterocycles. The summed E-state index contributed by atoms with van der Waals surface area (Å²) in [5.74, 6) is 2.34. The molecule has 0 heteroatoms. The Balaban J connectivity index is 0.000000350. The van der Waals surface area contributed by atoms with E-state index in [1.54, 1.807) is 0 Å². The van der Waals surface area contributed by atoms with Crippen LogP contribution in [-0.2, 0) is 0 Å². The molecule has 3 aliphatic rings. The molecular weight excluding hydrogens is 288 g/mol. The lowest BCUT2D eigenvalue weighted by atomic mass is 9.92. The van der Waals surface area contributed by atoms with Crippen LogP contribution in [0.2, 0.25) is 0 Å². The first-order valence-corrected chi connectivity index (χ1v) is 10.2. The van der Waals surface area contributed by atoms with Crippen molar-refractivity contribution in [3.05, 3.63) is 60.8 Å². The number of unbranched alkanes of at least 4 members (excludes halogenated alkanes) is 1. The van der Waals surface area contributed by atoms with E-state index in [9.17, 15) is 0 Å². The zero-order valence-electron chi connectivity index (χ0n) is 16.7. The van der Waals surface area contributed by atoms with Gasteiger partial charge in [0.25, 0.3) is 0 Å². The highest BCUT2D eigenvalue weighted by Gasteiger charge is 2.18. The second-order valence-corrected chi connectivity index (χ2v) is 6.33. The van der Waals surface area contributed by atoms with Gasteiger partial charge in [-0.15, -0.1) is 0 Å². The highest BCUT2D eigenvalue weighted by Crippen LogP contribution is 2.29. The number of hydrogen-bond donors (Lipinski definition) is 0. The van der Waals surface area contributed by atoms with E-state index in [1.807, 2.05) is 13.8 Å². The molecule has 0 aromatic carbocycles. The molecule has 0 amide bonds. The summed E-state index contributed by atoms with van der Waals surface area (Å²) >= 11 is 0. The van der Waals surface area contributed by atoms with Gasteiger partial charge in [-0.05, 0) is 31.1 Å². The van der Waals surface area contributed by atoms with Crippen molar-refractivity contribution in [3.63, 3.8) is 0 Å². The lowest BCUT2D eigenvalue weighted by Crippen LogP contribution is -2.03. The molecule has 3 aliphatic carbocycles. The monoisotopic (exact) mass is 328 g/mol. The van der Waals surface area contributed by atoms with Crippen LogP contribution in [-0.4, -0.2) is 0 Å². The molecule has 0 nitrogen and oxygen atoms in total. The molecular formula is C24H40. The van der Waals surface area contributed by atoms with Crippen LogP contribution >= 0.6 is 0 Å². The summed E-state index contributed by atoms with van der Waals surface area (Å²) in [6.07, 6.45) is 30.2. The van der Waals surface area contributed by atoms with Crippen LogP contribution in [0.25, 0.3) is 0 Å². The Morgan fingerprint density at radius 1 is 0.750 bits per heavy atom. The summed E-state index contributed by atoms with van der Waals surface area (Å²) in [4.78, 5) is 0. The van der Waals surface area contributed by atoms with Crippen molar-refractivity contribution in [3.8, 4) is 0 Å². The number of allylic oxidation sites excluding steroid dienone is 10. The van der Waals surface area contributed by atoms with Crippen LogP contribution in [0.3, 0.4) is 0 Å². The summed E-state index contributed by atoms with van der Waals surface area (Å²) in [6.45, 7) is 10.5. The molecule has 0 bridgehead atoms. The molecule has 0 spiro atoms. The van der Waals surface area contributed by atoms with Gasteiger partial charge in [-0.1, -0.05) is 115 Å². The Bertz CT molecular complexity index is 406. The van der Waals surface area contributed by atoms with E-state index in [-0.39, 0.29) is 0 Å². The molecule has 0 heterocycles. The zero-order chi connectivity index (χ0) is 18.0. The minimum Gasteiger partial charge on any atom is -0.0873 e. The molecule has 3 atom stereocenters. The molecule has 0 fully saturated rings. The molecule has 0 aliphatic heterocycles. The quantitative estimate of drug-likeness (QED) is 0.459. The maximum absolute atomic E-state index is 2.33. The Labute approximate surface area is 152 Å². The highest BCUT2D eigenvalue weighted by molar-refractivity contribution is 5.22. The average Bonchev–Trinajstić information content (AvgIpc) is 3.12. The lowest BCUT2D eigenvalue weighted by molar-refractivity contribution is 0.558. The zero-order valence-corrected chi connectivity index (χ0v) is 16.7. The fourth-order valence-electron chi connectivity index (χ4n) is 2.82. The fraction of sp³-hybridized carbons (Fsp3) is 0.583. The molecule has 0 N–H and O–H groups in total. The average molecular weight is 329 g/mol. The maximum atomic E-state index is 2.33. The van der Waals surface area contributed by atoms with Crippen LogP contribution in [0.1, 0.15) is 73.1 Å². The number of rotatable bonds is 3. The van der Waals surface area contributed by atoms with Crippen LogP contribution in [0.15, 0.2) is 60.8 Å². The molecule has 136 valence electrons. The third-order valence-corrected chi connectivity index (χ3v) is 4.06. The van der Waals surface area contributed by atoms with Gasteiger partial charge in [-0.25, -0.2) is 0 Å². The topological polar surface area (TPSA) is 0 Å². The Morgan fingerprint density at radius 2 is 1.42 bits per heavy atom. The van der Waals surface area contributed by atoms with Crippen LogP contribution in [0.4, 0.5) is 0 Å². The van der Waals surface area contributed by atoms with Crippen molar-refractivity contribution in [2.24, 2.45) is 17.8 Å². The summed E-state index contributed by atoms with van der Waals surface area (Å²) in [6, 6.07) is 0. The second-order valence-electron chi connectivity index (χ2n) is 6.33. The van der Waals surface area contributed by atoms with E-state index in [1.165, 1.54) is 38.5 Å². The standard InChI is InChI=1S/C10H16.C9H10.C3H8.C2H6/c1-2-3-7-10-8-5-4-6-9-10;1-2-5-9-7-3-6-8(9)4-1;1-3-2;1-2/h4-6,8,10H,2-3,7,9H2,1H3;1-6,8-9H,7H2;3H2,1-2H3;1-2H3. The van der Waals surface area contributed by atoms with E-state index in [4.69, 9.17) is 0 Å². The van der Waals surface area contributed by atoms with E-state index in [0.717, 1.165) is 17.8 Å². The van der Waals surface area contributed by atoms with Gasteiger partial charge in [-0.3, -0.25) is 0 Å². The van der Waals surface area contributed by atoms with Crippen LogP contribution < -0.4 is 0 Å². The maximum Gasteiger partial charge on any atom is 0.00156 e. The van der Waals surface area contributed by atoms with Gasteiger partial charge in [0.2, 0.25) is 0 Å². The van der Waals surface area contributed by atoms with Gasteiger partial charge in [0.1, 0.15) is 0 Å². The largest absolute Gasteiger partial charge is 0.0873 e. The Kier molecular flexibility index (Phi) is 15.7.